The molecule has 2 aromatic carbocycles. The number of hydrogen-bond donors (Lipinski definition) is 1. The lowest BCUT2D eigenvalue weighted by Gasteiger charge is -2.27. The fourth-order valence-corrected chi connectivity index (χ4v) is 4.65. The van der Waals surface area contributed by atoms with Crippen LogP contribution >= 0.6 is 11.6 Å². The maximum absolute atomic E-state index is 13.4. The Morgan fingerprint density at radius 1 is 1.15 bits per heavy atom. The van der Waals surface area contributed by atoms with Crippen molar-refractivity contribution in [2.24, 2.45) is 0 Å². The van der Waals surface area contributed by atoms with Crippen molar-refractivity contribution in [1.29, 1.82) is 0 Å². The van der Waals surface area contributed by atoms with Gasteiger partial charge in [-0.25, -0.2) is 4.79 Å². The molecule has 34 heavy (non-hydrogen) atoms. The van der Waals surface area contributed by atoms with E-state index >= 15 is 0 Å². The van der Waals surface area contributed by atoms with Crippen molar-refractivity contribution in [3.05, 3.63) is 103 Å². The number of dihydropyridines is 1. The van der Waals surface area contributed by atoms with Gasteiger partial charge < -0.3 is 14.5 Å². The third-order valence-electron chi connectivity index (χ3n) is 5.99. The number of nitro groups is 1. The zero-order chi connectivity index (χ0) is 24.1. The molecule has 8 nitrogen and oxygen atoms in total. The van der Waals surface area contributed by atoms with E-state index in [2.05, 4.69) is 5.32 Å². The SMILES string of the molecule is COC(=O)C1=C(C)NC2=C(C(=O)c3ccccc32)[C@@H]1c1ccc(-c2ccc(Cl)c([N+](=O)[O-])c2)o1. The van der Waals surface area contributed by atoms with Gasteiger partial charge >= 0.3 is 5.97 Å². The highest BCUT2D eigenvalue weighted by molar-refractivity contribution is 6.32. The number of methoxy groups -OCH3 is 1. The molecule has 2 heterocycles. The van der Waals surface area contributed by atoms with E-state index < -0.39 is 16.8 Å². The molecule has 0 saturated carbocycles. The van der Waals surface area contributed by atoms with Crippen LogP contribution in [0.1, 0.15) is 34.5 Å². The minimum atomic E-state index is -0.820. The summed E-state index contributed by atoms with van der Waals surface area (Å²) in [7, 11) is 1.27. The molecule has 2 aliphatic rings. The second-order valence-corrected chi connectivity index (χ2v) is 8.28. The summed E-state index contributed by atoms with van der Waals surface area (Å²) in [6.45, 7) is 1.74. The summed E-state index contributed by atoms with van der Waals surface area (Å²) < 4.78 is 11.1. The predicted octanol–water partition coefficient (Wildman–Crippen LogP) is 5.25. The molecule has 0 radical (unpaired) electrons. The Morgan fingerprint density at radius 3 is 2.59 bits per heavy atom. The molecule has 0 fully saturated rings. The number of benzene rings is 2. The largest absolute Gasteiger partial charge is 0.466 e. The molecule has 0 saturated heterocycles. The van der Waals surface area contributed by atoms with Gasteiger partial charge in [-0.2, -0.15) is 0 Å². The number of ketones is 1. The number of furan rings is 1. The first-order valence-electron chi connectivity index (χ1n) is 10.3. The zero-order valence-electron chi connectivity index (χ0n) is 18.0. The van der Waals surface area contributed by atoms with Crippen molar-refractivity contribution in [3.8, 4) is 11.3 Å². The molecule has 0 unspecified atom stereocenters. The van der Waals surface area contributed by atoms with Crippen LogP contribution in [0.25, 0.3) is 17.0 Å². The molecule has 0 bridgehead atoms. The number of rotatable bonds is 4. The van der Waals surface area contributed by atoms with Crippen LogP contribution in [-0.2, 0) is 9.53 Å². The van der Waals surface area contributed by atoms with Crippen LogP contribution in [0, 0.1) is 10.1 Å². The van der Waals surface area contributed by atoms with Gasteiger partial charge in [-0.1, -0.05) is 35.9 Å². The molecule has 1 aromatic heterocycles. The number of ether oxygens (including phenoxy) is 1. The number of fused-ring (bicyclic) bond motifs is 2. The van der Waals surface area contributed by atoms with Crippen LogP contribution in [0.15, 0.2) is 75.9 Å². The lowest BCUT2D eigenvalue weighted by molar-refractivity contribution is -0.384. The van der Waals surface area contributed by atoms with Crippen molar-refractivity contribution in [3.63, 3.8) is 0 Å². The van der Waals surface area contributed by atoms with Gasteiger partial charge in [0.1, 0.15) is 16.5 Å². The summed E-state index contributed by atoms with van der Waals surface area (Å²) in [6, 6.07) is 14.8. The monoisotopic (exact) mass is 476 g/mol. The van der Waals surface area contributed by atoms with Gasteiger partial charge in [-0.3, -0.25) is 14.9 Å². The number of allylic oxidation sites excluding steroid dienone is 2. The number of esters is 1. The lowest BCUT2D eigenvalue weighted by atomic mass is 9.83. The average molecular weight is 477 g/mol. The second kappa shape index (κ2) is 8.00. The molecule has 1 atom stereocenters. The Bertz CT molecular complexity index is 1470. The maximum Gasteiger partial charge on any atom is 0.336 e. The summed E-state index contributed by atoms with van der Waals surface area (Å²) in [5.74, 6) is -0.954. The topological polar surface area (TPSA) is 112 Å². The molecule has 1 N–H and O–H groups in total. The van der Waals surface area contributed by atoms with E-state index in [-0.39, 0.29) is 22.1 Å². The normalized spacial score (nSPS) is 16.8. The lowest BCUT2D eigenvalue weighted by Crippen LogP contribution is -2.28. The summed E-state index contributed by atoms with van der Waals surface area (Å²) in [5, 5.41) is 14.5. The first-order chi connectivity index (χ1) is 16.3. The fourth-order valence-electron chi connectivity index (χ4n) is 4.46. The van der Waals surface area contributed by atoms with Crippen LogP contribution in [0.5, 0.6) is 0 Å². The van der Waals surface area contributed by atoms with E-state index in [1.54, 1.807) is 37.3 Å². The number of nitro benzene ring substituents is 1. The third-order valence-corrected chi connectivity index (χ3v) is 6.31. The number of halogens is 1. The van der Waals surface area contributed by atoms with E-state index in [1.807, 2.05) is 12.1 Å². The van der Waals surface area contributed by atoms with Crippen LogP contribution in [0.3, 0.4) is 0 Å². The molecular formula is C25H17ClN2O6. The first kappa shape index (κ1) is 21.7. The molecule has 1 aliphatic carbocycles. The highest BCUT2D eigenvalue weighted by atomic mass is 35.5. The molecule has 9 heteroatoms. The van der Waals surface area contributed by atoms with Gasteiger partial charge in [0, 0.05) is 34.0 Å². The number of Topliss-reactive ketones (excluding diaryl/α,β-unsaturated/α-hetero) is 1. The number of nitrogens with one attached hydrogen (secondary N) is 1. The molecule has 0 spiro atoms. The summed E-state index contributed by atoms with van der Waals surface area (Å²) in [6.07, 6.45) is 0. The first-order valence-corrected chi connectivity index (χ1v) is 10.7. The molecular weight excluding hydrogens is 460 g/mol. The quantitative estimate of drug-likeness (QED) is 0.311. The smallest absolute Gasteiger partial charge is 0.336 e. The predicted molar refractivity (Wildman–Crippen MR) is 124 cm³/mol. The van der Waals surface area contributed by atoms with E-state index in [0.717, 1.165) is 5.56 Å². The second-order valence-electron chi connectivity index (χ2n) is 7.88. The number of nitrogens with zero attached hydrogens (tertiary/aromatic N) is 1. The van der Waals surface area contributed by atoms with Crippen LogP contribution in [-0.4, -0.2) is 23.8 Å². The van der Waals surface area contributed by atoms with Gasteiger partial charge in [0.25, 0.3) is 5.69 Å². The van der Waals surface area contributed by atoms with E-state index in [4.69, 9.17) is 20.8 Å². The molecule has 1 aliphatic heterocycles. The van der Waals surface area contributed by atoms with Crippen LogP contribution in [0.4, 0.5) is 5.69 Å². The summed E-state index contributed by atoms with van der Waals surface area (Å²) in [4.78, 5) is 36.9. The summed E-state index contributed by atoms with van der Waals surface area (Å²) in [5.41, 5.74) is 3.26. The minimum Gasteiger partial charge on any atom is -0.466 e. The Balaban J connectivity index is 1.66. The van der Waals surface area contributed by atoms with Crippen molar-refractivity contribution >= 4 is 34.7 Å². The van der Waals surface area contributed by atoms with Crippen LogP contribution < -0.4 is 5.32 Å². The fraction of sp³-hybridized carbons (Fsp3) is 0.120. The number of carbonyl (C=O) groups excluding carboxylic acids is 2. The van der Waals surface area contributed by atoms with E-state index in [0.29, 0.717) is 39.6 Å². The highest BCUT2D eigenvalue weighted by Gasteiger charge is 2.44. The minimum absolute atomic E-state index is 0.00883. The van der Waals surface area contributed by atoms with Crippen molar-refractivity contribution in [2.75, 3.05) is 7.11 Å². The van der Waals surface area contributed by atoms with E-state index in [9.17, 15) is 19.7 Å². The van der Waals surface area contributed by atoms with Crippen LogP contribution in [0.2, 0.25) is 5.02 Å². The van der Waals surface area contributed by atoms with Gasteiger partial charge in [0.2, 0.25) is 0 Å². The summed E-state index contributed by atoms with van der Waals surface area (Å²) >= 11 is 5.93. The number of carbonyl (C=O) groups is 2. The Hall–Kier alpha value is -4.17. The van der Waals surface area contributed by atoms with Crippen molar-refractivity contribution in [1.82, 2.24) is 5.32 Å². The highest BCUT2D eigenvalue weighted by Crippen LogP contribution is 2.47. The Kier molecular flexibility index (Phi) is 5.10. The van der Waals surface area contributed by atoms with Gasteiger partial charge in [-0.05, 0) is 31.2 Å². The average Bonchev–Trinajstić information content (AvgIpc) is 3.42. The maximum atomic E-state index is 13.4. The zero-order valence-corrected chi connectivity index (χ0v) is 18.8. The Morgan fingerprint density at radius 2 is 1.88 bits per heavy atom. The van der Waals surface area contributed by atoms with Gasteiger partial charge in [0.15, 0.2) is 5.78 Å². The Labute approximate surface area is 198 Å². The molecule has 5 rings (SSSR count). The number of hydrogen-bond acceptors (Lipinski definition) is 7. The van der Waals surface area contributed by atoms with Crippen molar-refractivity contribution in [2.45, 2.75) is 12.8 Å². The molecule has 170 valence electrons. The van der Waals surface area contributed by atoms with Gasteiger partial charge in [0.05, 0.1) is 29.2 Å². The van der Waals surface area contributed by atoms with Crippen molar-refractivity contribution < 1.29 is 23.7 Å². The molecule has 0 amide bonds. The standard InChI is InChI=1S/C25H17ClN2O6/c1-12-20(25(30)33-2)21(22-23(27-12)14-5-3-4-6-15(14)24(22)29)19-10-9-18(34-19)13-7-8-16(26)17(11-13)28(31)32/h3-11,21,27H,1-2H3/t21-/m1/s1. The van der Waals surface area contributed by atoms with Gasteiger partial charge in [-0.15, -0.1) is 0 Å². The molecule has 3 aromatic rings. The van der Waals surface area contributed by atoms with E-state index in [1.165, 1.54) is 19.2 Å². The third kappa shape index (κ3) is 3.22.